The minimum atomic E-state index is -0.843. The second-order valence-electron chi connectivity index (χ2n) is 6.02. The highest BCUT2D eigenvalue weighted by molar-refractivity contribution is 5.87. The Morgan fingerprint density at radius 3 is 2.42 bits per heavy atom. The monoisotopic (exact) mass is 264 g/mol. The second kappa shape index (κ2) is 4.84. The first-order chi connectivity index (χ1) is 8.93. The van der Waals surface area contributed by atoms with Crippen LogP contribution in [0.5, 0.6) is 0 Å². The predicted molar refractivity (Wildman–Crippen MR) is 67.7 cm³/mol. The number of carbonyl (C=O) groups excluding carboxylic acids is 2. The lowest BCUT2D eigenvalue weighted by molar-refractivity contribution is -0.147. The fourth-order valence-electron chi connectivity index (χ4n) is 3.34. The van der Waals surface area contributed by atoms with Crippen molar-refractivity contribution in [1.82, 2.24) is 4.90 Å². The molecule has 19 heavy (non-hydrogen) atoms. The van der Waals surface area contributed by atoms with Crippen molar-refractivity contribution in [2.45, 2.75) is 26.7 Å². The van der Waals surface area contributed by atoms with Crippen molar-refractivity contribution in [3.63, 3.8) is 0 Å². The first-order valence-corrected chi connectivity index (χ1v) is 6.72. The molecule has 1 saturated carbocycles. The summed E-state index contributed by atoms with van der Waals surface area (Å²) in [7, 11) is 1.36. The highest BCUT2D eigenvalue weighted by atomic mass is 16.5. The minimum absolute atomic E-state index is 0.0876. The molecule has 104 valence electrons. The van der Waals surface area contributed by atoms with Gasteiger partial charge in [0.05, 0.1) is 19.1 Å². The van der Waals surface area contributed by atoms with Crippen molar-refractivity contribution in [2.24, 2.45) is 23.2 Å². The Bertz CT molecular complexity index is 434. The van der Waals surface area contributed by atoms with E-state index in [4.69, 9.17) is 4.74 Å². The molecule has 2 rings (SSSR count). The standard InChI is InChI=1S/C14H20N2O3/c1-9-4-14(5-9,8-15)13(18)16-6-10(2)11(7-16)12(17)19-3/h9-11H,4-7H2,1-3H3. The molecule has 0 aromatic rings. The summed E-state index contributed by atoms with van der Waals surface area (Å²) in [5.74, 6) is -0.117. The number of methoxy groups -OCH3 is 1. The Morgan fingerprint density at radius 1 is 1.32 bits per heavy atom. The Morgan fingerprint density at radius 2 is 1.95 bits per heavy atom. The van der Waals surface area contributed by atoms with Gasteiger partial charge >= 0.3 is 5.97 Å². The molecule has 1 saturated heterocycles. The van der Waals surface area contributed by atoms with Gasteiger partial charge in [-0.3, -0.25) is 9.59 Å². The molecule has 0 N–H and O–H groups in total. The maximum Gasteiger partial charge on any atom is 0.310 e. The van der Waals surface area contributed by atoms with Crippen LogP contribution < -0.4 is 0 Å². The molecule has 2 fully saturated rings. The number of hydrogen-bond donors (Lipinski definition) is 0. The van der Waals surface area contributed by atoms with Crippen molar-refractivity contribution in [3.8, 4) is 6.07 Å². The van der Waals surface area contributed by atoms with E-state index < -0.39 is 5.41 Å². The van der Waals surface area contributed by atoms with E-state index in [1.54, 1.807) is 4.90 Å². The lowest BCUT2D eigenvalue weighted by Gasteiger charge is -2.41. The third-order valence-electron chi connectivity index (χ3n) is 4.42. The smallest absolute Gasteiger partial charge is 0.310 e. The van der Waals surface area contributed by atoms with Crippen LogP contribution in [-0.2, 0) is 14.3 Å². The van der Waals surface area contributed by atoms with Gasteiger partial charge in [-0.25, -0.2) is 0 Å². The zero-order chi connectivity index (χ0) is 14.2. The van der Waals surface area contributed by atoms with Crippen LogP contribution in [0.25, 0.3) is 0 Å². The Kier molecular flexibility index (Phi) is 3.53. The summed E-state index contributed by atoms with van der Waals surface area (Å²) in [4.78, 5) is 25.8. The second-order valence-corrected chi connectivity index (χ2v) is 6.02. The van der Waals surface area contributed by atoms with Gasteiger partial charge in [0.2, 0.25) is 5.91 Å². The van der Waals surface area contributed by atoms with E-state index in [0.29, 0.717) is 31.8 Å². The van der Waals surface area contributed by atoms with Crippen LogP contribution >= 0.6 is 0 Å². The fraction of sp³-hybridized carbons (Fsp3) is 0.786. The highest BCUT2D eigenvalue weighted by Crippen LogP contribution is 2.47. The van der Waals surface area contributed by atoms with Gasteiger partial charge in [0, 0.05) is 13.1 Å². The van der Waals surface area contributed by atoms with Gasteiger partial charge in [0.1, 0.15) is 5.41 Å². The molecule has 1 aliphatic heterocycles. The van der Waals surface area contributed by atoms with E-state index in [0.717, 1.165) is 0 Å². The molecule has 2 atom stereocenters. The number of rotatable bonds is 2. The fourth-order valence-corrected chi connectivity index (χ4v) is 3.34. The number of amides is 1. The van der Waals surface area contributed by atoms with Crippen LogP contribution in [0.2, 0.25) is 0 Å². The molecule has 5 nitrogen and oxygen atoms in total. The van der Waals surface area contributed by atoms with Crippen molar-refractivity contribution in [1.29, 1.82) is 5.26 Å². The summed E-state index contributed by atoms with van der Waals surface area (Å²) in [6, 6.07) is 2.19. The van der Waals surface area contributed by atoms with Crippen LogP contribution in [-0.4, -0.2) is 37.0 Å². The number of nitriles is 1. The maximum absolute atomic E-state index is 12.5. The van der Waals surface area contributed by atoms with Crippen LogP contribution in [0.1, 0.15) is 26.7 Å². The van der Waals surface area contributed by atoms with Crippen molar-refractivity contribution < 1.29 is 14.3 Å². The summed E-state index contributed by atoms with van der Waals surface area (Å²) in [6.07, 6.45) is 1.27. The number of nitrogens with zero attached hydrogens (tertiary/aromatic N) is 2. The molecule has 2 aliphatic rings. The van der Waals surface area contributed by atoms with E-state index in [1.165, 1.54) is 7.11 Å². The molecule has 0 aromatic heterocycles. The lowest BCUT2D eigenvalue weighted by atomic mass is 9.63. The van der Waals surface area contributed by atoms with E-state index >= 15 is 0 Å². The molecule has 2 unspecified atom stereocenters. The van der Waals surface area contributed by atoms with E-state index in [2.05, 4.69) is 6.07 Å². The SMILES string of the molecule is COC(=O)C1CN(C(=O)C2(C#N)CC(C)C2)CC1C. The lowest BCUT2D eigenvalue weighted by Crippen LogP contribution is -2.49. The Hall–Kier alpha value is -1.57. The predicted octanol–water partition coefficient (Wildman–Crippen LogP) is 1.19. The van der Waals surface area contributed by atoms with Crippen LogP contribution in [0.3, 0.4) is 0 Å². The first kappa shape index (κ1) is 13.9. The average molecular weight is 264 g/mol. The minimum Gasteiger partial charge on any atom is -0.469 e. The molecule has 1 aliphatic carbocycles. The molecule has 1 heterocycles. The van der Waals surface area contributed by atoms with Gasteiger partial charge < -0.3 is 9.64 Å². The summed E-state index contributed by atoms with van der Waals surface area (Å²) >= 11 is 0. The van der Waals surface area contributed by atoms with Gasteiger partial charge in [-0.2, -0.15) is 5.26 Å². The van der Waals surface area contributed by atoms with E-state index in [9.17, 15) is 14.9 Å². The number of ether oxygens (including phenoxy) is 1. The summed E-state index contributed by atoms with van der Waals surface area (Å²) < 4.78 is 4.76. The van der Waals surface area contributed by atoms with Crippen molar-refractivity contribution >= 4 is 11.9 Å². The van der Waals surface area contributed by atoms with Gasteiger partial charge in [-0.05, 0) is 24.7 Å². The van der Waals surface area contributed by atoms with Crippen LogP contribution in [0.4, 0.5) is 0 Å². The number of carbonyl (C=O) groups is 2. The topological polar surface area (TPSA) is 70.4 Å². The van der Waals surface area contributed by atoms with E-state index in [1.807, 2.05) is 13.8 Å². The van der Waals surface area contributed by atoms with Gasteiger partial charge in [0.25, 0.3) is 0 Å². The van der Waals surface area contributed by atoms with Gasteiger partial charge in [-0.15, -0.1) is 0 Å². The molecular weight excluding hydrogens is 244 g/mol. The molecule has 0 aromatic carbocycles. The number of esters is 1. The summed E-state index contributed by atoms with van der Waals surface area (Å²) in [5, 5.41) is 9.28. The third kappa shape index (κ3) is 2.20. The van der Waals surface area contributed by atoms with Crippen LogP contribution in [0.15, 0.2) is 0 Å². The summed E-state index contributed by atoms with van der Waals surface area (Å²) in [5.41, 5.74) is -0.843. The highest BCUT2D eigenvalue weighted by Gasteiger charge is 2.52. The Labute approximate surface area is 113 Å². The van der Waals surface area contributed by atoms with Crippen LogP contribution in [0, 0.1) is 34.5 Å². The molecule has 5 heteroatoms. The zero-order valence-electron chi connectivity index (χ0n) is 11.7. The van der Waals surface area contributed by atoms with Gasteiger partial charge in [-0.1, -0.05) is 13.8 Å². The summed E-state index contributed by atoms with van der Waals surface area (Å²) in [6.45, 7) is 4.91. The zero-order valence-corrected chi connectivity index (χ0v) is 11.7. The quantitative estimate of drug-likeness (QED) is 0.702. The average Bonchev–Trinajstić information content (AvgIpc) is 2.75. The molecule has 0 bridgehead atoms. The maximum atomic E-state index is 12.5. The van der Waals surface area contributed by atoms with Gasteiger partial charge in [0.15, 0.2) is 0 Å². The molecule has 0 spiro atoms. The number of likely N-dealkylation sites (tertiary alicyclic amines) is 1. The largest absolute Gasteiger partial charge is 0.469 e. The molecular formula is C14H20N2O3. The van der Waals surface area contributed by atoms with Crippen molar-refractivity contribution in [2.75, 3.05) is 20.2 Å². The molecule has 1 amide bonds. The normalized spacial score (nSPS) is 37.4. The Balaban J connectivity index is 2.06. The number of hydrogen-bond acceptors (Lipinski definition) is 4. The third-order valence-corrected chi connectivity index (χ3v) is 4.42. The molecule has 0 radical (unpaired) electrons. The van der Waals surface area contributed by atoms with E-state index in [-0.39, 0.29) is 23.7 Å². The first-order valence-electron chi connectivity index (χ1n) is 6.72. The van der Waals surface area contributed by atoms with Crippen molar-refractivity contribution in [3.05, 3.63) is 0 Å².